The Hall–Kier alpha value is -0.670. The second-order valence-electron chi connectivity index (χ2n) is 2.11. The third-order valence-corrected chi connectivity index (χ3v) is 1.95. The van der Waals surface area contributed by atoms with Gasteiger partial charge in [-0.1, -0.05) is 29.3 Å². The lowest BCUT2D eigenvalue weighted by molar-refractivity contribution is 0.625. The Morgan fingerprint density at radius 3 is 2.67 bits per heavy atom. The molecule has 1 aromatic carbocycles. The van der Waals surface area contributed by atoms with E-state index < -0.39 is 11.3 Å². The van der Waals surface area contributed by atoms with Crippen molar-refractivity contribution in [3.8, 4) is 0 Å². The van der Waals surface area contributed by atoms with Gasteiger partial charge < -0.3 is 0 Å². The van der Waals surface area contributed by atoms with Crippen molar-refractivity contribution in [1.29, 1.82) is 0 Å². The van der Waals surface area contributed by atoms with Crippen molar-refractivity contribution in [1.82, 2.24) is 0 Å². The van der Waals surface area contributed by atoms with Crippen LogP contribution in [0.15, 0.2) is 23.4 Å². The van der Waals surface area contributed by atoms with E-state index >= 15 is 0 Å². The van der Waals surface area contributed by atoms with Crippen LogP contribution in [0.5, 0.6) is 0 Å². The predicted octanol–water partition coefficient (Wildman–Crippen LogP) is 3.48. The van der Waals surface area contributed by atoms with Crippen LogP contribution in [0.3, 0.4) is 0 Å². The van der Waals surface area contributed by atoms with Gasteiger partial charge in [-0.15, -0.1) is 4.91 Å². The van der Waals surface area contributed by atoms with Crippen LogP contribution in [0.4, 0.5) is 4.39 Å². The maximum atomic E-state index is 12.7. The van der Waals surface area contributed by atoms with E-state index in [-0.39, 0.29) is 5.02 Å². The number of halogens is 3. The van der Waals surface area contributed by atoms with Crippen molar-refractivity contribution >= 4 is 23.2 Å². The first-order valence-corrected chi connectivity index (χ1v) is 3.88. The molecule has 0 radical (unpaired) electrons. The van der Waals surface area contributed by atoms with Gasteiger partial charge in [-0.25, -0.2) is 4.39 Å². The molecule has 12 heavy (non-hydrogen) atoms. The standard InChI is InChI=1S/C7H4Cl2FNO/c8-5-2-1-4(3-6(5)10)7(9)11-12/h1-3,7H. The topological polar surface area (TPSA) is 29.4 Å². The summed E-state index contributed by atoms with van der Waals surface area (Å²) >= 11 is 10.8. The summed E-state index contributed by atoms with van der Waals surface area (Å²) in [5.74, 6) is -0.608. The summed E-state index contributed by atoms with van der Waals surface area (Å²) in [6.07, 6.45) is 0. The predicted molar refractivity (Wildman–Crippen MR) is 45.8 cm³/mol. The Morgan fingerprint density at radius 2 is 2.17 bits per heavy atom. The number of alkyl halides is 1. The molecule has 1 rings (SSSR count). The number of hydrogen-bond acceptors (Lipinski definition) is 2. The summed E-state index contributed by atoms with van der Waals surface area (Å²) in [6.45, 7) is 0. The average Bonchev–Trinajstić information content (AvgIpc) is 2.08. The molecule has 0 aromatic heterocycles. The summed E-state index contributed by atoms with van der Waals surface area (Å²) in [6, 6.07) is 3.86. The summed E-state index contributed by atoms with van der Waals surface area (Å²) in [5, 5.41) is 2.53. The largest absolute Gasteiger partial charge is 0.205 e. The van der Waals surface area contributed by atoms with Gasteiger partial charge in [0, 0.05) is 0 Å². The molecule has 0 aliphatic rings. The van der Waals surface area contributed by atoms with E-state index in [0.717, 1.165) is 6.07 Å². The molecule has 1 unspecified atom stereocenters. The molecule has 64 valence electrons. The Balaban J connectivity index is 3.04. The molecule has 0 saturated carbocycles. The molecule has 0 heterocycles. The average molecular weight is 208 g/mol. The molecule has 0 saturated heterocycles. The number of nitroso groups, excluding NO2 is 1. The maximum absolute atomic E-state index is 12.7. The Kier molecular flexibility index (Phi) is 3.00. The van der Waals surface area contributed by atoms with E-state index in [4.69, 9.17) is 23.2 Å². The first-order valence-electron chi connectivity index (χ1n) is 3.06. The highest BCUT2D eigenvalue weighted by molar-refractivity contribution is 6.30. The first-order chi connectivity index (χ1) is 5.65. The molecule has 0 aliphatic heterocycles. The molecule has 0 bridgehead atoms. The third-order valence-electron chi connectivity index (χ3n) is 1.31. The van der Waals surface area contributed by atoms with Crippen LogP contribution >= 0.6 is 23.2 Å². The van der Waals surface area contributed by atoms with Gasteiger partial charge in [0.15, 0.2) is 5.50 Å². The summed E-state index contributed by atoms with van der Waals surface area (Å²) in [7, 11) is 0. The highest BCUT2D eigenvalue weighted by atomic mass is 35.5. The molecule has 1 aromatic rings. The van der Waals surface area contributed by atoms with Gasteiger partial charge in [0.1, 0.15) is 5.82 Å². The number of hydrogen-bond donors (Lipinski definition) is 0. The van der Waals surface area contributed by atoms with Crippen LogP contribution in [-0.4, -0.2) is 0 Å². The van der Waals surface area contributed by atoms with Crippen molar-refractivity contribution in [3.63, 3.8) is 0 Å². The summed E-state index contributed by atoms with van der Waals surface area (Å²) < 4.78 is 12.7. The van der Waals surface area contributed by atoms with Gasteiger partial charge in [-0.2, -0.15) is 0 Å². The molecular weight excluding hydrogens is 204 g/mol. The first kappa shape index (κ1) is 9.42. The fourth-order valence-corrected chi connectivity index (χ4v) is 0.975. The molecule has 0 spiro atoms. The van der Waals surface area contributed by atoms with Crippen LogP contribution in [0.25, 0.3) is 0 Å². The van der Waals surface area contributed by atoms with Gasteiger partial charge in [0.05, 0.1) is 5.02 Å². The minimum atomic E-state index is -1.06. The minimum absolute atomic E-state index is 0.00600. The number of rotatable bonds is 2. The molecule has 0 amide bonds. The van der Waals surface area contributed by atoms with Gasteiger partial charge >= 0.3 is 0 Å². The zero-order valence-electron chi connectivity index (χ0n) is 5.80. The van der Waals surface area contributed by atoms with E-state index in [1.807, 2.05) is 0 Å². The lowest BCUT2D eigenvalue weighted by Gasteiger charge is -2.00. The maximum Gasteiger partial charge on any atom is 0.190 e. The number of nitrogens with zero attached hydrogens (tertiary/aromatic N) is 1. The smallest absolute Gasteiger partial charge is 0.190 e. The van der Waals surface area contributed by atoms with Crippen LogP contribution in [0.2, 0.25) is 5.02 Å². The Bertz CT molecular complexity index is 305. The summed E-state index contributed by atoms with van der Waals surface area (Å²) in [4.78, 5) is 9.96. The third kappa shape index (κ3) is 1.93. The van der Waals surface area contributed by atoms with E-state index in [1.54, 1.807) is 0 Å². The van der Waals surface area contributed by atoms with Gasteiger partial charge in [0.2, 0.25) is 0 Å². The van der Waals surface area contributed by atoms with E-state index in [9.17, 15) is 9.30 Å². The molecule has 1 atom stereocenters. The Labute approximate surface area is 78.3 Å². The van der Waals surface area contributed by atoms with E-state index in [1.165, 1.54) is 12.1 Å². The SMILES string of the molecule is O=NC(Cl)c1ccc(Cl)c(F)c1. The fraction of sp³-hybridized carbons (Fsp3) is 0.143. The van der Waals surface area contributed by atoms with Crippen molar-refractivity contribution < 1.29 is 4.39 Å². The monoisotopic (exact) mass is 207 g/mol. The fourth-order valence-electron chi connectivity index (χ4n) is 0.721. The van der Waals surface area contributed by atoms with Crippen molar-refractivity contribution in [2.24, 2.45) is 5.18 Å². The normalized spacial score (nSPS) is 12.6. The second kappa shape index (κ2) is 3.83. The van der Waals surface area contributed by atoms with Crippen LogP contribution < -0.4 is 0 Å². The molecule has 0 fully saturated rings. The van der Waals surface area contributed by atoms with E-state index in [2.05, 4.69) is 5.18 Å². The summed E-state index contributed by atoms with van der Waals surface area (Å²) in [5.41, 5.74) is -0.759. The molecule has 5 heteroatoms. The number of benzene rings is 1. The van der Waals surface area contributed by atoms with Crippen molar-refractivity contribution in [2.75, 3.05) is 0 Å². The second-order valence-corrected chi connectivity index (χ2v) is 2.94. The highest BCUT2D eigenvalue weighted by Gasteiger charge is 2.09. The zero-order chi connectivity index (χ0) is 9.14. The Morgan fingerprint density at radius 1 is 1.50 bits per heavy atom. The molecule has 0 N–H and O–H groups in total. The van der Waals surface area contributed by atoms with E-state index in [0.29, 0.717) is 5.56 Å². The quantitative estimate of drug-likeness (QED) is 0.415. The van der Waals surface area contributed by atoms with Crippen LogP contribution in [0.1, 0.15) is 11.1 Å². The lowest BCUT2D eigenvalue weighted by Crippen LogP contribution is -1.87. The van der Waals surface area contributed by atoms with Gasteiger partial charge in [-0.05, 0) is 22.9 Å². The van der Waals surface area contributed by atoms with Crippen LogP contribution in [0, 0.1) is 10.7 Å². The lowest BCUT2D eigenvalue weighted by atomic mass is 10.2. The van der Waals surface area contributed by atoms with Gasteiger partial charge in [-0.3, -0.25) is 0 Å². The minimum Gasteiger partial charge on any atom is -0.205 e. The molecular formula is C7H4Cl2FNO. The van der Waals surface area contributed by atoms with Gasteiger partial charge in [0.25, 0.3) is 0 Å². The molecule has 2 nitrogen and oxygen atoms in total. The van der Waals surface area contributed by atoms with Crippen molar-refractivity contribution in [2.45, 2.75) is 5.50 Å². The molecule has 0 aliphatic carbocycles. The zero-order valence-corrected chi connectivity index (χ0v) is 7.31. The van der Waals surface area contributed by atoms with Crippen LogP contribution in [-0.2, 0) is 0 Å². The van der Waals surface area contributed by atoms with Crippen molar-refractivity contribution in [3.05, 3.63) is 39.5 Å². The highest BCUT2D eigenvalue weighted by Crippen LogP contribution is 2.24.